The number of carboxylic acid groups (broad SMARTS) is 1. The van der Waals surface area contributed by atoms with Crippen LogP contribution in [0.15, 0.2) is 72.8 Å². The number of fused-ring (bicyclic) bond motifs is 1. The summed E-state index contributed by atoms with van der Waals surface area (Å²) >= 11 is 0. The Hall–Kier alpha value is -3.73. The van der Waals surface area contributed by atoms with Crippen LogP contribution in [0.2, 0.25) is 0 Å². The first-order valence-electron chi connectivity index (χ1n) is 8.44. The fourth-order valence-corrected chi connectivity index (χ4v) is 3.38. The molecule has 0 aliphatic carbocycles. The summed E-state index contributed by atoms with van der Waals surface area (Å²) in [7, 11) is 0. The Balaban J connectivity index is 1.75. The lowest BCUT2D eigenvalue weighted by Crippen LogP contribution is -2.29. The molecule has 3 aromatic carbocycles. The van der Waals surface area contributed by atoms with E-state index in [-0.39, 0.29) is 23.9 Å². The molecule has 4 rings (SSSR count). The van der Waals surface area contributed by atoms with Crippen LogP contribution in [0.3, 0.4) is 0 Å². The fraction of sp³-hybridized carbons (Fsp3) is 0.0455. The third kappa shape index (κ3) is 2.79. The Labute approximate surface area is 155 Å². The normalized spacial score (nSPS) is 13.0. The molecular weight excluding hydrogens is 342 g/mol. The van der Waals surface area contributed by atoms with E-state index in [4.69, 9.17) is 0 Å². The highest BCUT2D eigenvalue weighted by Gasteiger charge is 2.35. The van der Waals surface area contributed by atoms with Gasteiger partial charge in [0.25, 0.3) is 11.8 Å². The molecule has 0 spiro atoms. The number of amides is 2. The van der Waals surface area contributed by atoms with Crippen molar-refractivity contribution < 1.29 is 19.5 Å². The molecule has 1 aliphatic rings. The first-order chi connectivity index (χ1) is 13.1. The molecule has 132 valence electrons. The molecule has 0 fully saturated rings. The topological polar surface area (TPSA) is 74.7 Å². The number of aromatic carboxylic acids is 1. The van der Waals surface area contributed by atoms with Crippen molar-refractivity contribution in [1.82, 2.24) is 4.90 Å². The third-order valence-electron chi connectivity index (χ3n) is 4.67. The van der Waals surface area contributed by atoms with Gasteiger partial charge in [-0.1, -0.05) is 54.6 Å². The number of hydrogen-bond acceptors (Lipinski definition) is 3. The molecule has 0 bridgehead atoms. The van der Waals surface area contributed by atoms with Crippen LogP contribution in [0.1, 0.15) is 36.6 Å². The van der Waals surface area contributed by atoms with Crippen molar-refractivity contribution in [2.75, 3.05) is 0 Å². The van der Waals surface area contributed by atoms with Crippen LogP contribution in [0.4, 0.5) is 0 Å². The minimum Gasteiger partial charge on any atom is -0.478 e. The Kier molecular flexibility index (Phi) is 4.05. The van der Waals surface area contributed by atoms with E-state index in [2.05, 4.69) is 0 Å². The molecule has 0 saturated carbocycles. The number of carbonyl (C=O) groups is 3. The van der Waals surface area contributed by atoms with Crippen molar-refractivity contribution in [2.24, 2.45) is 0 Å². The smallest absolute Gasteiger partial charge is 0.336 e. The first-order valence-corrected chi connectivity index (χ1v) is 8.44. The van der Waals surface area contributed by atoms with Crippen molar-refractivity contribution in [2.45, 2.75) is 6.54 Å². The molecule has 1 heterocycles. The lowest BCUT2D eigenvalue weighted by molar-refractivity contribution is 0.0639. The number of imide groups is 1. The van der Waals surface area contributed by atoms with Crippen molar-refractivity contribution >= 4 is 17.8 Å². The van der Waals surface area contributed by atoms with Gasteiger partial charge in [0.05, 0.1) is 23.2 Å². The van der Waals surface area contributed by atoms with Crippen LogP contribution < -0.4 is 0 Å². The molecule has 1 N–H and O–H groups in total. The summed E-state index contributed by atoms with van der Waals surface area (Å²) in [6.45, 7) is 0.0798. The molecule has 0 aromatic heterocycles. The van der Waals surface area contributed by atoms with Gasteiger partial charge < -0.3 is 5.11 Å². The van der Waals surface area contributed by atoms with Crippen LogP contribution >= 0.6 is 0 Å². The molecule has 5 heteroatoms. The summed E-state index contributed by atoms with van der Waals surface area (Å²) in [4.78, 5) is 38.1. The number of carboxylic acids is 1. The maximum atomic E-state index is 12.6. The van der Waals surface area contributed by atoms with Gasteiger partial charge >= 0.3 is 5.97 Å². The lowest BCUT2D eigenvalue weighted by Gasteiger charge is -2.17. The molecule has 1 aliphatic heterocycles. The van der Waals surface area contributed by atoms with E-state index < -0.39 is 5.97 Å². The van der Waals surface area contributed by atoms with Gasteiger partial charge in [0.15, 0.2) is 0 Å². The predicted molar refractivity (Wildman–Crippen MR) is 99.5 cm³/mol. The molecule has 0 saturated heterocycles. The highest BCUT2D eigenvalue weighted by atomic mass is 16.4. The zero-order chi connectivity index (χ0) is 19.0. The summed E-state index contributed by atoms with van der Waals surface area (Å²) in [6, 6.07) is 20.6. The molecule has 0 unspecified atom stereocenters. The Bertz CT molecular complexity index is 1050. The van der Waals surface area contributed by atoms with Gasteiger partial charge in [0, 0.05) is 0 Å². The molecule has 5 nitrogen and oxygen atoms in total. The molecule has 0 atom stereocenters. The van der Waals surface area contributed by atoms with Crippen LogP contribution in [-0.2, 0) is 6.54 Å². The van der Waals surface area contributed by atoms with E-state index in [1.807, 2.05) is 0 Å². The SMILES string of the molecule is O=C(O)c1ccccc1-c1ccccc1CN1C(=O)c2ccccc2C1=O. The third-order valence-corrected chi connectivity index (χ3v) is 4.67. The molecule has 3 aromatic rings. The maximum Gasteiger partial charge on any atom is 0.336 e. The van der Waals surface area contributed by atoms with E-state index in [1.165, 1.54) is 11.0 Å². The van der Waals surface area contributed by atoms with Gasteiger partial charge in [0.2, 0.25) is 0 Å². The van der Waals surface area contributed by atoms with Gasteiger partial charge in [-0.05, 0) is 34.9 Å². The van der Waals surface area contributed by atoms with Crippen molar-refractivity contribution in [3.63, 3.8) is 0 Å². The molecule has 2 amide bonds. The van der Waals surface area contributed by atoms with Crippen molar-refractivity contribution in [3.05, 3.63) is 95.1 Å². The fourth-order valence-electron chi connectivity index (χ4n) is 3.38. The van der Waals surface area contributed by atoms with E-state index in [0.29, 0.717) is 27.8 Å². The zero-order valence-electron chi connectivity index (χ0n) is 14.3. The van der Waals surface area contributed by atoms with Crippen LogP contribution in [0.25, 0.3) is 11.1 Å². The number of hydrogen-bond donors (Lipinski definition) is 1. The maximum absolute atomic E-state index is 12.6. The number of nitrogens with zero attached hydrogens (tertiary/aromatic N) is 1. The monoisotopic (exact) mass is 357 g/mol. The predicted octanol–water partition coefficient (Wildman–Crippen LogP) is 3.85. The van der Waals surface area contributed by atoms with Gasteiger partial charge in [-0.15, -0.1) is 0 Å². The number of rotatable bonds is 4. The van der Waals surface area contributed by atoms with Crippen LogP contribution in [0.5, 0.6) is 0 Å². The molecule has 27 heavy (non-hydrogen) atoms. The summed E-state index contributed by atoms with van der Waals surface area (Å²) < 4.78 is 0. The Morgan fingerprint density at radius 1 is 0.704 bits per heavy atom. The number of carbonyl (C=O) groups excluding carboxylic acids is 2. The second-order valence-electron chi connectivity index (χ2n) is 6.25. The quantitative estimate of drug-likeness (QED) is 0.720. The summed E-state index contributed by atoms with van der Waals surface area (Å²) in [5.41, 5.74) is 2.91. The van der Waals surface area contributed by atoms with Crippen molar-refractivity contribution in [3.8, 4) is 11.1 Å². The van der Waals surface area contributed by atoms with E-state index >= 15 is 0 Å². The first kappa shape index (κ1) is 16.7. The Morgan fingerprint density at radius 3 is 1.78 bits per heavy atom. The highest BCUT2D eigenvalue weighted by Crippen LogP contribution is 2.30. The second kappa shape index (κ2) is 6.53. The van der Waals surface area contributed by atoms with E-state index in [9.17, 15) is 19.5 Å². The van der Waals surface area contributed by atoms with Gasteiger partial charge in [0.1, 0.15) is 0 Å². The standard InChI is InChI=1S/C22H15NO4/c24-20-17-10-4-5-11-18(17)21(25)23(20)13-14-7-1-2-8-15(14)16-9-3-6-12-19(16)22(26)27/h1-12H,13H2,(H,26,27). The minimum absolute atomic E-state index is 0.0798. The second-order valence-corrected chi connectivity index (χ2v) is 6.25. The van der Waals surface area contributed by atoms with E-state index in [0.717, 1.165) is 0 Å². The van der Waals surface area contributed by atoms with Gasteiger partial charge in [-0.3, -0.25) is 14.5 Å². The molecular formula is C22H15NO4. The van der Waals surface area contributed by atoms with Gasteiger partial charge in [-0.25, -0.2) is 4.79 Å². The largest absolute Gasteiger partial charge is 0.478 e. The highest BCUT2D eigenvalue weighted by molar-refractivity contribution is 6.21. The lowest BCUT2D eigenvalue weighted by atomic mass is 9.95. The van der Waals surface area contributed by atoms with Crippen LogP contribution in [-0.4, -0.2) is 27.8 Å². The minimum atomic E-state index is -1.03. The summed E-state index contributed by atoms with van der Waals surface area (Å²) in [5.74, 6) is -1.70. The summed E-state index contributed by atoms with van der Waals surface area (Å²) in [5, 5.41) is 9.49. The van der Waals surface area contributed by atoms with Crippen LogP contribution in [0, 0.1) is 0 Å². The average molecular weight is 357 g/mol. The molecule has 0 radical (unpaired) electrons. The van der Waals surface area contributed by atoms with E-state index in [1.54, 1.807) is 66.7 Å². The Morgan fingerprint density at radius 2 is 1.19 bits per heavy atom. The van der Waals surface area contributed by atoms with Gasteiger partial charge in [-0.2, -0.15) is 0 Å². The zero-order valence-corrected chi connectivity index (χ0v) is 14.3. The van der Waals surface area contributed by atoms with Crippen molar-refractivity contribution in [1.29, 1.82) is 0 Å². The summed E-state index contributed by atoms with van der Waals surface area (Å²) in [6.07, 6.45) is 0. The average Bonchev–Trinajstić information content (AvgIpc) is 2.94. The number of benzene rings is 3.